The van der Waals surface area contributed by atoms with E-state index in [4.69, 9.17) is 25.7 Å². The van der Waals surface area contributed by atoms with Gasteiger partial charge >= 0.3 is 0 Å². The Morgan fingerprint density at radius 1 is 0.762 bits per heavy atom. The van der Waals surface area contributed by atoms with Crippen LogP contribution in [0.5, 0.6) is 0 Å². The lowest BCUT2D eigenvalue weighted by atomic mass is 10.3. The minimum absolute atomic E-state index is 0. The molecule has 7 N–H and O–H groups in total. The molecule has 0 heterocycles. The average molecular weight is 312 g/mol. The number of hydrogen-bond donors (Lipinski definition) is 3. The van der Waals surface area contributed by atoms with E-state index in [-0.39, 0.29) is 39.2 Å². The van der Waals surface area contributed by atoms with Crippen molar-refractivity contribution in [2.45, 2.75) is 66.7 Å². The van der Waals surface area contributed by atoms with Crippen molar-refractivity contribution in [2.24, 2.45) is 11.5 Å². The molecule has 21 heavy (non-hydrogen) atoms. The highest BCUT2D eigenvalue weighted by molar-refractivity contribution is 4.54. The van der Waals surface area contributed by atoms with Gasteiger partial charge in [-0.1, -0.05) is 14.9 Å². The van der Waals surface area contributed by atoms with Crippen LogP contribution >= 0.6 is 0 Å². The molecule has 0 aromatic rings. The Hall–Kier alpha value is -0.240. The zero-order valence-corrected chi connectivity index (χ0v) is 12.8. The molecule has 0 amide bonds. The van der Waals surface area contributed by atoms with Gasteiger partial charge in [-0.15, -0.1) is 0 Å². The Kier molecular flexibility index (Phi) is 27.2. The van der Waals surface area contributed by atoms with Gasteiger partial charge in [0, 0.05) is 25.3 Å². The zero-order valence-electron chi connectivity index (χ0n) is 12.8. The van der Waals surface area contributed by atoms with E-state index in [1.54, 1.807) is 0 Å². The van der Waals surface area contributed by atoms with E-state index in [1.165, 1.54) is 0 Å². The van der Waals surface area contributed by atoms with Crippen molar-refractivity contribution in [1.82, 2.24) is 6.15 Å². The lowest BCUT2D eigenvalue weighted by Gasteiger charge is -2.15. The molecule has 0 saturated heterocycles. The quantitative estimate of drug-likeness (QED) is 0.476. The Bertz CT molecular complexity index is 182. The Labute approximate surface area is 132 Å². The fraction of sp³-hybridized carbons (Fsp3) is 1.00. The molecule has 3 atom stereocenters. The number of hydrogen-bond acceptors (Lipinski definition) is 6. The Morgan fingerprint density at radius 2 is 1.19 bits per heavy atom. The van der Waals surface area contributed by atoms with Gasteiger partial charge < -0.3 is 31.8 Å². The summed E-state index contributed by atoms with van der Waals surface area (Å²) in [5, 5.41) is 0. The molecule has 0 aliphatic carbocycles. The molecule has 0 aromatic carbocycles. The number of ether oxygens (including phenoxy) is 3. The SMILES string of the molecule is C.C.CC(N)COCCCCOCC(C)OCC(C)N.N. The van der Waals surface area contributed by atoms with Crippen LogP contribution in [0.4, 0.5) is 0 Å². The van der Waals surface area contributed by atoms with Gasteiger partial charge in [0.2, 0.25) is 0 Å². The summed E-state index contributed by atoms with van der Waals surface area (Å²) in [4.78, 5) is 0. The van der Waals surface area contributed by atoms with Gasteiger partial charge in [0.1, 0.15) is 0 Å². The molecule has 0 fully saturated rings. The molecular formula is C15H41N3O3. The van der Waals surface area contributed by atoms with Crippen LogP contribution in [0.3, 0.4) is 0 Å². The van der Waals surface area contributed by atoms with E-state index in [2.05, 4.69) is 0 Å². The molecule has 0 aromatic heterocycles. The molecule has 0 aliphatic heterocycles. The fourth-order valence-corrected chi connectivity index (χ4v) is 1.29. The number of unbranched alkanes of at least 4 members (excludes halogenated alkanes) is 1. The minimum Gasteiger partial charge on any atom is -0.380 e. The molecular weight excluding hydrogens is 270 g/mol. The molecule has 3 unspecified atom stereocenters. The standard InChI is InChI=1S/C13H30N2O3.2CH4.H3N/c1-11(14)8-16-6-4-5-7-17-10-13(3)18-9-12(2)15;;;/h11-13H,4-10,14-15H2,1-3H3;2*1H4;1H3. The third-order valence-electron chi connectivity index (χ3n) is 2.20. The largest absolute Gasteiger partial charge is 0.380 e. The highest BCUT2D eigenvalue weighted by Gasteiger charge is 2.03. The monoisotopic (exact) mass is 311 g/mol. The van der Waals surface area contributed by atoms with E-state index >= 15 is 0 Å². The van der Waals surface area contributed by atoms with Gasteiger partial charge in [-0.25, -0.2) is 0 Å². The summed E-state index contributed by atoms with van der Waals surface area (Å²) in [7, 11) is 0. The van der Waals surface area contributed by atoms with Gasteiger partial charge in [-0.2, -0.15) is 0 Å². The molecule has 6 heteroatoms. The van der Waals surface area contributed by atoms with Crippen molar-refractivity contribution in [3.8, 4) is 0 Å². The summed E-state index contributed by atoms with van der Waals surface area (Å²) in [6.07, 6.45) is 2.10. The maximum absolute atomic E-state index is 5.60. The lowest BCUT2D eigenvalue weighted by molar-refractivity contribution is -0.0118. The van der Waals surface area contributed by atoms with Crippen molar-refractivity contribution < 1.29 is 14.2 Å². The average Bonchev–Trinajstić information content (AvgIpc) is 2.29. The summed E-state index contributed by atoms with van der Waals surface area (Å²) in [6, 6.07) is 0.193. The van der Waals surface area contributed by atoms with E-state index in [0.29, 0.717) is 19.8 Å². The van der Waals surface area contributed by atoms with E-state index < -0.39 is 0 Å². The summed E-state index contributed by atoms with van der Waals surface area (Å²) < 4.78 is 16.4. The second-order valence-electron chi connectivity index (χ2n) is 4.96. The van der Waals surface area contributed by atoms with Gasteiger partial charge in [0.15, 0.2) is 0 Å². The molecule has 0 radical (unpaired) electrons. The van der Waals surface area contributed by atoms with Crippen LogP contribution in [0.25, 0.3) is 0 Å². The Morgan fingerprint density at radius 3 is 1.62 bits per heavy atom. The third kappa shape index (κ3) is 25.1. The van der Waals surface area contributed by atoms with Crippen molar-refractivity contribution in [3.63, 3.8) is 0 Å². The van der Waals surface area contributed by atoms with Crippen LogP contribution in [0, 0.1) is 0 Å². The molecule has 0 saturated carbocycles. The third-order valence-corrected chi connectivity index (χ3v) is 2.20. The molecule has 0 bridgehead atoms. The highest BCUT2D eigenvalue weighted by atomic mass is 16.5. The van der Waals surface area contributed by atoms with Crippen molar-refractivity contribution >= 4 is 0 Å². The van der Waals surface area contributed by atoms with E-state index in [0.717, 1.165) is 26.1 Å². The summed E-state index contributed by atoms with van der Waals surface area (Å²) in [5.74, 6) is 0. The molecule has 6 nitrogen and oxygen atoms in total. The molecule has 0 rings (SSSR count). The molecule has 0 spiro atoms. The van der Waals surface area contributed by atoms with Crippen LogP contribution < -0.4 is 17.6 Å². The first-order valence-corrected chi connectivity index (χ1v) is 6.80. The Balaban J connectivity index is -0.000000482. The predicted octanol–water partition coefficient (Wildman–Crippen LogP) is 2.33. The van der Waals surface area contributed by atoms with Crippen LogP contribution in [0.1, 0.15) is 48.5 Å². The van der Waals surface area contributed by atoms with E-state index in [1.807, 2.05) is 20.8 Å². The first-order chi connectivity index (χ1) is 8.52. The first-order valence-electron chi connectivity index (χ1n) is 6.80. The second kappa shape index (κ2) is 19.8. The lowest BCUT2D eigenvalue weighted by Crippen LogP contribution is -2.27. The summed E-state index contributed by atoms with van der Waals surface area (Å²) >= 11 is 0. The maximum Gasteiger partial charge on any atom is 0.0781 e. The smallest absolute Gasteiger partial charge is 0.0781 e. The summed E-state index contributed by atoms with van der Waals surface area (Å²) in [6.45, 7) is 9.18. The van der Waals surface area contributed by atoms with Crippen LogP contribution in [-0.4, -0.2) is 51.2 Å². The van der Waals surface area contributed by atoms with E-state index in [9.17, 15) is 0 Å². The zero-order chi connectivity index (χ0) is 13.8. The van der Waals surface area contributed by atoms with Crippen LogP contribution in [-0.2, 0) is 14.2 Å². The van der Waals surface area contributed by atoms with Gasteiger partial charge in [-0.3, -0.25) is 0 Å². The van der Waals surface area contributed by atoms with Crippen molar-refractivity contribution in [1.29, 1.82) is 0 Å². The maximum atomic E-state index is 5.60. The van der Waals surface area contributed by atoms with Crippen molar-refractivity contribution in [2.75, 3.05) is 33.0 Å². The first kappa shape index (κ1) is 28.9. The normalized spacial score (nSPS) is 14.1. The topological polar surface area (TPSA) is 115 Å². The molecule has 134 valence electrons. The number of nitrogens with two attached hydrogens (primary N) is 2. The highest BCUT2D eigenvalue weighted by Crippen LogP contribution is 1.96. The predicted molar refractivity (Wildman–Crippen MR) is 92.1 cm³/mol. The minimum atomic E-state index is 0. The molecule has 0 aliphatic rings. The van der Waals surface area contributed by atoms with Gasteiger partial charge in [0.25, 0.3) is 0 Å². The van der Waals surface area contributed by atoms with Crippen LogP contribution in [0.15, 0.2) is 0 Å². The number of rotatable bonds is 12. The van der Waals surface area contributed by atoms with Crippen molar-refractivity contribution in [3.05, 3.63) is 0 Å². The second-order valence-corrected chi connectivity index (χ2v) is 4.96. The van der Waals surface area contributed by atoms with Gasteiger partial charge in [-0.05, 0) is 33.6 Å². The van der Waals surface area contributed by atoms with Crippen LogP contribution in [0.2, 0.25) is 0 Å². The fourth-order valence-electron chi connectivity index (χ4n) is 1.29. The van der Waals surface area contributed by atoms with Gasteiger partial charge in [0.05, 0.1) is 25.9 Å². The summed E-state index contributed by atoms with van der Waals surface area (Å²) in [5.41, 5.74) is 11.2.